The Balaban J connectivity index is 2.22. The van der Waals surface area contributed by atoms with Gasteiger partial charge in [-0.1, -0.05) is 17.7 Å². The van der Waals surface area contributed by atoms with E-state index in [2.05, 4.69) is 22.5 Å². The molecule has 0 aliphatic rings. The number of hydrogen-bond acceptors (Lipinski definition) is 3. The third-order valence-electron chi connectivity index (χ3n) is 2.86. The van der Waals surface area contributed by atoms with Gasteiger partial charge in [-0.05, 0) is 46.3 Å². The summed E-state index contributed by atoms with van der Waals surface area (Å²) in [5.41, 5.74) is 6.93. The Labute approximate surface area is 141 Å². The molecule has 0 bridgehead atoms. The quantitative estimate of drug-likeness (QED) is 0.605. The molecule has 21 heavy (non-hydrogen) atoms. The van der Waals surface area contributed by atoms with Gasteiger partial charge < -0.3 is 10.6 Å². The van der Waals surface area contributed by atoms with E-state index in [0.717, 1.165) is 9.35 Å². The summed E-state index contributed by atoms with van der Waals surface area (Å²) >= 11 is 10.7. The molecule has 1 heterocycles. The van der Waals surface area contributed by atoms with Crippen LogP contribution in [0.25, 0.3) is 0 Å². The lowest BCUT2D eigenvalue weighted by molar-refractivity contribution is 0.0764. The van der Waals surface area contributed by atoms with E-state index in [4.69, 9.17) is 17.3 Å². The summed E-state index contributed by atoms with van der Waals surface area (Å²) in [5, 5.41) is 0. The lowest BCUT2D eigenvalue weighted by atomic mass is 10.1. The number of amides is 1. The van der Waals surface area contributed by atoms with Crippen LogP contribution in [0.5, 0.6) is 0 Å². The molecule has 1 aromatic carbocycles. The number of nitrogens with zero attached hydrogens (tertiary/aromatic N) is 1. The van der Waals surface area contributed by atoms with Crippen LogP contribution >= 0.6 is 38.9 Å². The lowest BCUT2D eigenvalue weighted by Crippen LogP contribution is -2.30. The van der Waals surface area contributed by atoms with Gasteiger partial charge in [0.25, 0.3) is 5.91 Å². The maximum absolute atomic E-state index is 12.6. The summed E-state index contributed by atoms with van der Waals surface area (Å²) in [6, 6.07) is 8.95. The van der Waals surface area contributed by atoms with E-state index in [1.807, 2.05) is 12.1 Å². The summed E-state index contributed by atoms with van der Waals surface area (Å²) in [6.45, 7) is 4.67. The molecule has 0 aliphatic carbocycles. The summed E-state index contributed by atoms with van der Waals surface area (Å²) in [5.74, 6) is -0.0846. The van der Waals surface area contributed by atoms with Crippen LogP contribution in [0.15, 0.2) is 47.5 Å². The summed E-state index contributed by atoms with van der Waals surface area (Å²) in [7, 11) is 0. The summed E-state index contributed by atoms with van der Waals surface area (Å²) in [6.07, 6.45) is 1.70. The fourth-order valence-electron chi connectivity index (χ4n) is 1.86. The van der Waals surface area contributed by atoms with Crippen molar-refractivity contribution in [1.29, 1.82) is 0 Å². The van der Waals surface area contributed by atoms with Gasteiger partial charge in [-0.25, -0.2) is 0 Å². The van der Waals surface area contributed by atoms with Gasteiger partial charge in [0.2, 0.25) is 0 Å². The number of nitrogen functional groups attached to an aromatic ring is 1. The first-order valence-electron chi connectivity index (χ1n) is 6.20. The van der Waals surface area contributed by atoms with Crippen molar-refractivity contribution < 1.29 is 4.79 Å². The van der Waals surface area contributed by atoms with Crippen LogP contribution in [0.2, 0.25) is 4.34 Å². The Morgan fingerprint density at radius 3 is 2.76 bits per heavy atom. The third-order valence-corrected chi connectivity index (χ3v) is 4.79. The van der Waals surface area contributed by atoms with E-state index in [1.54, 1.807) is 29.2 Å². The zero-order valence-electron chi connectivity index (χ0n) is 11.2. The standard InChI is InChI=1S/C15H14BrClN2OS/c1-2-7-19(9-11-4-6-14(17)21-11)15(20)10-3-5-12(16)13(18)8-10/h2-6,8H,1,7,9,18H2. The number of nitrogens with two attached hydrogens (primary N) is 1. The van der Waals surface area contributed by atoms with Crippen LogP contribution in [-0.2, 0) is 6.54 Å². The second-order valence-electron chi connectivity index (χ2n) is 4.42. The van der Waals surface area contributed by atoms with Crippen molar-refractivity contribution in [2.24, 2.45) is 0 Å². The molecule has 6 heteroatoms. The Bertz CT molecular complexity index is 671. The van der Waals surface area contributed by atoms with Gasteiger partial charge in [-0.2, -0.15) is 0 Å². The normalized spacial score (nSPS) is 10.4. The minimum Gasteiger partial charge on any atom is -0.398 e. The first-order chi connectivity index (χ1) is 10.0. The molecule has 0 radical (unpaired) electrons. The fraction of sp³-hybridized carbons (Fsp3) is 0.133. The highest BCUT2D eigenvalue weighted by atomic mass is 79.9. The smallest absolute Gasteiger partial charge is 0.254 e. The van der Waals surface area contributed by atoms with Crippen molar-refractivity contribution in [3.8, 4) is 0 Å². The summed E-state index contributed by atoms with van der Waals surface area (Å²) in [4.78, 5) is 15.3. The molecule has 1 amide bonds. The molecule has 0 spiro atoms. The number of benzene rings is 1. The van der Waals surface area contributed by atoms with Crippen molar-refractivity contribution in [2.75, 3.05) is 12.3 Å². The first-order valence-corrected chi connectivity index (χ1v) is 8.19. The second kappa shape index (κ2) is 7.11. The monoisotopic (exact) mass is 384 g/mol. The number of thiophene rings is 1. The van der Waals surface area contributed by atoms with E-state index >= 15 is 0 Å². The lowest BCUT2D eigenvalue weighted by Gasteiger charge is -2.20. The van der Waals surface area contributed by atoms with Gasteiger partial charge >= 0.3 is 0 Å². The second-order valence-corrected chi connectivity index (χ2v) is 7.07. The number of halogens is 2. The molecule has 110 valence electrons. The maximum atomic E-state index is 12.6. The minimum absolute atomic E-state index is 0.0846. The van der Waals surface area contributed by atoms with Crippen molar-refractivity contribution >= 4 is 50.5 Å². The van der Waals surface area contributed by atoms with Gasteiger partial charge in [0.1, 0.15) is 0 Å². The van der Waals surface area contributed by atoms with E-state index in [0.29, 0.717) is 28.7 Å². The van der Waals surface area contributed by atoms with Crippen LogP contribution in [0, 0.1) is 0 Å². The van der Waals surface area contributed by atoms with Gasteiger partial charge in [0.15, 0.2) is 0 Å². The van der Waals surface area contributed by atoms with Crippen molar-refractivity contribution in [2.45, 2.75) is 6.54 Å². The average Bonchev–Trinajstić information content (AvgIpc) is 2.86. The predicted molar refractivity (Wildman–Crippen MR) is 92.8 cm³/mol. The van der Waals surface area contributed by atoms with Gasteiger partial charge in [-0.3, -0.25) is 4.79 Å². The molecule has 0 fully saturated rings. The molecule has 0 unspecified atom stereocenters. The van der Waals surface area contributed by atoms with E-state index < -0.39 is 0 Å². The molecular formula is C15H14BrClN2OS. The molecule has 1 aromatic heterocycles. The maximum Gasteiger partial charge on any atom is 0.254 e. The Hall–Kier alpha value is -1.30. The van der Waals surface area contributed by atoms with Crippen molar-refractivity contribution in [3.05, 3.63) is 62.2 Å². The van der Waals surface area contributed by atoms with Crippen molar-refractivity contribution in [1.82, 2.24) is 4.90 Å². The molecule has 0 aliphatic heterocycles. The molecule has 2 aromatic rings. The Kier molecular flexibility index (Phi) is 5.45. The number of anilines is 1. The topological polar surface area (TPSA) is 46.3 Å². The largest absolute Gasteiger partial charge is 0.398 e. The minimum atomic E-state index is -0.0846. The Morgan fingerprint density at radius 1 is 1.43 bits per heavy atom. The Morgan fingerprint density at radius 2 is 2.19 bits per heavy atom. The highest BCUT2D eigenvalue weighted by Crippen LogP contribution is 2.24. The van der Waals surface area contributed by atoms with E-state index in [1.165, 1.54) is 11.3 Å². The number of carbonyl (C=O) groups is 1. The van der Waals surface area contributed by atoms with Gasteiger partial charge in [0.05, 0.1) is 10.9 Å². The third kappa shape index (κ3) is 4.09. The van der Waals surface area contributed by atoms with Crippen LogP contribution in [-0.4, -0.2) is 17.4 Å². The zero-order valence-corrected chi connectivity index (χ0v) is 14.3. The summed E-state index contributed by atoms with van der Waals surface area (Å²) < 4.78 is 1.49. The zero-order chi connectivity index (χ0) is 15.4. The number of carbonyl (C=O) groups excluding carboxylic acids is 1. The van der Waals surface area contributed by atoms with Crippen molar-refractivity contribution in [3.63, 3.8) is 0 Å². The molecule has 3 nitrogen and oxygen atoms in total. The van der Waals surface area contributed by atoms with E-state index in [-0.39, 0.29) is 5.91 Å². The molecule has 2 rings (SSSR count). The first kappa shape index (κ1) is 16.1. The number of rotatable bonds is 5. The molecule has 0 saturated carbocycles. The van der Waals surface area contributed by atoms with Crippen LogP contribution in [0.1, 0.15) is 15.2 Å². The van der Waals surface area contributed by atoms with Crippen LogP contribution < -0.4 is 5.73 Å². The highest BCUT2D eigenvalue weighted by Gasteiger charge is 2.16. The molecule has 2 N–H and O–H groups in total. The fourth-order valence-corrected chi connectivity index (χ4v) is 3.21. The SMILES string of the molecule is C=CCN(Cc1ccc(Cl)s1)C(=O)c1ccc(Br)c(N)c1. The number of hydrogen-bond donors (Lipinski definition) is 1. The molecule has 0 saturated heterocycles. The average molecular weight is 386 g/mol. The highest BCUT2D eigenvalue weighted by molar-refractivity contribution is 9.10. The van der Waals surface area contributed by atoms with Gasteiger partial charge in [-0.15, -0.1) is 17.9 Å². The van der Waals surface area contributed by atoms with E-state index in [9.17, 15) is 4.79 Å². The molecule has 0 atom stereocenters. The van der Waals surface area contributed by atoms with Crippen LogP contribution in [0.3, 0.4) is 0 Å². The van der Waals surface area contributed by atoms with Crippen LogP contribution in [0.4, 0.5) is 5.69 Å². The van der Waals surface area contributed by atoms with Gasteiger partial charge in [0, 0.05) is 27.1 Å². The predicted octanol–water partition coefficient (Wildman–Crippen LogP) is 4.57. The molecular weight excluding hydrogens is 372 g/mol.